The fourth-order valence-corrected chi connectivity index (χ4v) is 6.68. The van der Waals surface area contributed by atoms with Crippen molar-refractivity contribution in [2.45, 2.75) is 84.7 Å². The topological polar surface area (TPSA) is 114 Å². The van der Waals surface area contributed by atoms with Gasteiger partial charge in [-0.2, -0.15) is 0 Å². The van der Waals surface area contributed by atoms with Gasteiger partial charge in [-0.3, -0.25) is 9.69 Å². The van der Waals surface area contributed by atoms with Gasteiger partial charge in [-0.15, -0.1) is 0 Å². The number of piperazine rings is 1. The summed E-state index contributed by atoms with van der Waals surface area (Å²) >= 11 is 0. The van der Waals surface area contributed by atoms with Crippen LogP contribution in [0.4, 0.5) is 9.18 Å². The average molecular weight is 707 g/mol. The summed E-state index contributed by atoms with van der Waals surface area (Å²) in [6.45, 7) is 18.5. The van der Waals surface area contributed by atoms with Crippen LogP contribution >= 0.6 is 0 Å². The predicted molar refractivity (Wildman–Crippen MR) is 195 cm³/mol. The standard InChI is InChI=1S/C37H51FN6O5Si/c1-26-23-44(25-47-18-19-50(5,6)7)34-33(26)32(11-13-40-34)48-31-9-8-27(20-29(31)38)21-30(41-36(46)49-37(2,3)4)35(45)43-16-14-42(15-17-43)24-28-10-12-39-22-28/h8-13,20,22-23,30,39H,14-19,21,24-25H2,1-7H3,(H,41,46). The largest absolute Gasteiger partial charge is 0.453 e. The van der Waals surface area contributed by atoms with E-state index in [1.807, 2.05) is 36.1 Å². The van der Waals surface area contributed by atoms with Gasteiger partial charge in [0.15, 0.2) is 11.6 Å². The van der Waals surface area contributed by atoms with E-state index in [0.717, 1.165) is 23.5 Å². The summed E-state index contributed by atoms with van der Waals surface area (Å²) in [6.07, 6.45) is 6.85. The minimum absolute atomic E-state index is 0.0429. The molecule has 4 aromatic rings. The molecule has 1 fully saturated rings. The van der Waals surface area contributed by atoms with Gasteiger partial charge in [-0.1, -0.05) is 25.7 Å². The molecule has 5 rings (SSSR count). The first-order valence-electron chi connectivity index (χ1n) is 17.3. The van der Waals surface area contributed by atoms with Crippen LogP contribution in [0.1, 0.15) is 37.5 Å². The monoisotopic (exact) mass is 706 g/mol. The van der Waals surface area contributed by atoms with Gasteiger partial charge in [0.05, 0.1) is 5.39 Å². The number of ether oxygens (including phenoxy) is 3. The number of aromatic nitrogens is 3. The summed E-state index contributed by atoms with van der Waals surface area (Å²) in [5.41, 5.74) is 2.61. The zero-order valence-corrected chi connectivity index (χ0v) is 31.3. The Balaban J connectivity index is 1.27. The van der Waals surface area contributed by atoms with Crippen molar-refractivity contribution < 1.29 is 28.2 Å². The van der Waals surface area contributed by atoms with Gasteiger partial charge in [0.25, 0.3) is 0 Å². The number of aryl methyl sites for hydroxylation is 1. The summed E-state index contributed by atoms with van der Waals surface area (Å²) in [4.78, 5) is 38.3. The molecule has 0 radical (unpaired) electrons. The zero-order valence-electron chi connectivity index (χ0n) is 30.3. The number of fused-ring (bicyclic) bond motifs is 1. The number of benzene rings is 1. The molecule has 1 unspecified atom stereocenters. The molecule has 1 aliphatic heterocycles. The van der Waals surface area contributed by atoms with Gasteiger partial charge in [0, 0.05) is 78.6 Å². The lowest BCUT2D eigenvalue weighted by Gasteiger charge is -2.36. The van der Waals surface area contributed by atoms with E-state index in [9.17, 15) is 9.59 Å². The van der Waals surface area contributed by atoms with Crippen LogP contribution in [0.2, 0.25) is 25.7 Å². The third-order valence-corrected chi connectivity index (χ3v) is 10.2. The van der Waals surface area contributed by atoms with E-state index in [1.165, 1.54) is 11.6 Å². The Bertz CT molecular complexity index is 1760. The highest BCUT2D eigenvalue weighted by atomic mass is 28.3. The molecule has 1 saturated heterocycles. The molecule has 1 aromatic carbocycles. The van der Waals surface area contributed by atoms with E-state index in [-0.39, 0.29) is 18.1 Å². The smallest absolute Gasteiger partial charge is 0.408 e. The molecule has 4 heterocycles. The molecule has 2 amide bonds. The predicted octanol–water partition coefficient (Wildman–Crippen LogP) is 6.70. The number of carbonyl (C=O) groups is 2. The molecule has 1 atom stereocenters. The van der Waals surface area contributed by atoms with Gasteiger partial charge in [-0.25, -0.2) is 14.2 Å². The van der Waals surface area contributed by atoms with Crippen LogP contribution in [-0.2, 0) is 34.0 Å². The highest BCUT2D eigenvalue weighted by Gasteiger charge is 2.31. The molecule has 0 bridgehead atoms. The molecule has 0 spiro atoms. The van der Waals surface area contributed by atoms with Crippen molar-refractivity contribution in [3.63, 3.8) is 0 Å². The number of hydrogen-bond acceptors (Lipinski definition) is 7. The Morgan fingerprint density at radius 3 is 2.48 bits per heavy atom. The van der Waals surface area contributed by atoms with E-state index >= 15 is 4.39 Å². The van der Waals surface area contributed by atoms with Crippen molar-refractivity contribution in [3.05, 3.63) is 77.6 Å². The normalized spacial score (nSPS) is 14.9. The van der Waals surface area contributed by atoms with Crippen LogP contribution in [0.5, 0.6) is 11.5 Å². The van der Waals surface area contributed by atoms with E-state index in [2.05, 4.69) is 39.8 Å². The Morgan fingerprint density at radius 2 is 1.82 bits per heavy atom. The minimum Gasteiger partial charge on any atom is -0.453 e. The number of rotatable bonds is 13. The van der Waals surface area contributed by atoms with Gasteiger partial charge >= 0.3 is 6.09 Å². The van der Waals surface area contributed by atoms with Gasteiger partial charge in [0.1, 0.15) is 29.8 Å². The highest BCUT2D eigenvalue weighted by molar-refractivity contribution is 6.76. The Kier molecular flexibility index (Phi) is 11.7. The molecular formula is C37H51FN6O5Si. The van der Waals surface area contributed by atoms with E-state index in [0.29, 0.717) is 56.5 Å². The third kappa shape index (κ3) is 10.2. The van der Waals surface area contributed by atoms with Gasteiger partial charge < -0.3 is 34.0 Å². The van der Waals surface area contributed by atoms with Crippen molar-refractivity contribution in [1.29, 1.82) is 0 Å². The first-order valence-corrected chi connectivity index (χ1v) is 21.0. The Labute approximate surface area is 295 Å². The van der Waals surface area contributed by atoms with Crippen molar-refractivity contribution in [3.8, 4) is 11.5 Å². The molecule has 13 heteroatoms. The second-order valence-corrected chi connectivity index (χ2v) is 20.8. The summed E-state index contributed by atoms with van der Waals surface area (Å²) in [7, 11) is -1.21. The number of nitrogens with one attached hydrogen (secondary N) is 2. The first-order chi connectivity index (χ1) is 23.6. The fourth-order valence-electron chi connectivity index (χ4n) is 5.93. The number of amides is 2. The summed E-state index contributed by atoms with van der Waals surface area (Å²) in [5, 5.41) is 3.54. The fraction of sp³-hybridized carbons (Fsp3) is 0.486. The number of halogens is 1. The Hall–Kier alpha value is -4.20. The maximum Gasteiger partial charge on any atom is 0.408 e. The summed E-state index contributed by atoms with van der Waals surface area (Å²) < 4.78 is 35.2. The average Bonchev–Trinajstić information content (AvgIpc) is 3.66. The van der Waals surface area contributed by atoms with Crippen LogP contribution < -0.4 is 10.1 Å². The second-order valence-electron chi connectivity index (χ2n) is 15.2. The van der Waals surface area contributed by atoms with Crippen LogP contribution in [0.15, 0.2) is 55.1 Å². The first kappa shape index (κ1) is 37.1. The molecule has 0 aliphatic carbocycles. The van der Waals surface area contributed by atoms with Gasteiger partial charge in [-0.05, 0) is 74.7 Å². The number of alkyl carbamates (subject to hydrolysis) is 1. The number of pyridine rings is 1. The van der Waals surface area contributed by atoms with Crippen molar-refractivity contribution in [2.75, 3.05) is 32.8 Å². The quantitative estimate of drug-likeness (QED) is 0.118. The lowest BCUT2D eigenvalue weighted by atomic mass is 10.0. The van der Waals surface area contributed by atoms with E-state index < -0.39 is 31.6 Å². The molecule has 2 N–H and O–H groups in total. The number of hydrogen-bond donors (Lipinski definition) is 2. The second kappa shape index (κ2) is 15.8. The number of carbonyl (C=O) groups excluding carboxylic acids is 2. The van der Waals surface area contributed by atoms with Crippen LogP contribution in [-0.4, -0.2) is 88.8 Å². The van der Waals surface area contributed by atoms with Crippen molar-refractivity contribution >= 4 is 31.1 Å². The zero-order chi connectivity index (χ0) is 36.1. The van der Waals surface area contributed by atoms with Crippen LogP contribution in [0, 0.1) is 12.7 Å². The van der Waals surface area contributed by atoms with E-state index in [1.54, 1.807) is 50.1 Å². The molecule has 1 aliphatic rings. The van der Waals surface area contributed by atoms with E-state index in [4.69, 9.17) is 14.2 Å². The number of nitrogens with zero attached hydrogens (tertiary/aromatic N) is 4. The van der Waals surface area contributed by atoms with Crippen molar-refractivity contribution in [2.24, 2.45) is 0 Å². The summed E-state index contributed by atoms with van der Waals surface area (Å²) in [5.74, 6) is -0.292. The molecule has 3 aromatic heterocycles. The molecule has 0 saturated carbocycles. The van der Waals surface area contributed by atoms with Crippen LogP contribution in [0.25, 0.3) is 11.0 Å². The molecule has 50 heavy (non-hydrogen) atoms. The maximum atomic E-state index is 15.7. The molecule has 270 valence electrons. The summed E-state index contributed by atoms with van der Waals surface area (Å²) in [6, 6.07) is 8.50. The lowest BCUT2D eigenvalue weighted by molar-refractivity contribution is -0.135. The van der Waals surface area contributed by atoms with Gasteiger partial charge in [0.2, 0.25) is 5.91 Å². The van der Waals surface area contributed by atoms with Crippen LogP contribution in [0.3, 0.4) is 0 Å². The Morgan fingerprint density at radius 1 is 1.06 bits per heavy atom. The highest BCUT2D eigenvalue weighted by Crippen LogP contribution is 2.34. The minimum atomic E-state index is -1.21. The number of aromatic amines is 1. The maximum absolute atomic E-state index is 15.7. The SMILES string of the molecule is Cc1cn(COCC[Si](C)(C)C)c2nccc(Oc3ccc(CC(NC(=O)OC(C)(C)C)C(=O)N4CCN(Cc5cc[nH]c5)CC4)cc3F)c12. The lowest BCUT2D eigenvalue weighted by Crippen LogP contribution is -2.55. The molecular weight excluding hydrogens is 656 g/mol. The molecule has 11 nitrogen and oxygen atoms in total. The number of H-pyrrole nitrogens is 1. The third-order valence-electron chi connectivity index (χ3n) is 8.53. The van der Waals surface area contributed by atoms with Crippen molar-refractivity contribution in [1.82, 2.24) is 29.7 Å².